The monoisotopic (exact) mass is 257 g/mol. The van der Waals surface area contributed by atoms with Gasteiger partial charge in [-0.25, -0.2) is 0 Å². The molecule has 0 spiro atoms. The Morgan fingerprint density at radius 2 is 1.94 bits per heavy atom. The van der Waals surface area contributed by atoms with Crippen LogP contribution >= 0.6 is 0 Å². The van der Waals surface area contributed by atoms with Crippen LogP contribution in [0.25, 0.3) is 0 Å². The molecule has 6 heteroatoms. The molecule has 1 aromatic rings. The zero-order valence-electron chi connectivity index (χ0n) is 10.4. The SMILES string of the molecule is Cc1cccc(N(CCN)S(=O)(=O)N(C)C)c1. The molecule has 0 aromatic heterocycles. The highest BCUT2D eigenvalue weighted by molar-refractivity contribution is 7.90. The second kappa shape index (κ2) is 5.48. The van der Waals surface area contributed by atoms with Crippen LogP contribution in [0.1, 0.15) is 5.56 Å². The molecule has 1 rings (SSSR count). The number of nitrogens with two attached hydrogens (primary N) is 1. The Labute approximate surface area is 103 Å². The standard InChI is InChI=1S/C11H19N3O2S/c1-10-5-4-6-11(9-10)14(8-7-12)17(15,16)13(2)3/h4-6,9H,7-8,12H2,1-3H3. The molecule has 0 fully saturated rings. The van der Waals surface area contributed by atoms with Crippen molar-refractivity contribution in [3.8, 4) is 0 Å². The molecule has 0 aliphatic carbocycles. The summed E-state index contributed by atoms with van der Waals surface area (Å²) in [4.78, 5) is 0. The molecule has 1 aromatic carbocycles. The van der Waals surface area contributed by atoms with Crippen molar-refractivity contribution in [2.45, 2.75) is 6.92 Å². The van der Waals surface area contributed by atoms with Gasteiger partial charge in [-0.3, -0.25) is 4.31 Å². The number of hydrogen-bond donors (Lipinski definition) is 1. The summed E-state index contributed by atoms with van der Waals surface area (Å²) in [5, 5.41) is 0. The molecule has 0 heterocycles. The summed E-state index contributed by atoms with van der Waals surface area (Å²) >= 11 is 0. The summed E-state index contributed by atoms with van der Waals surface area (Å²) in [6.45, 7) is 2.47. The molecule has 0 amide bonds. The van der Waals surface area contributed by atoms with E-state index in [-0.39, 0.29) is 13.1 Å². The summed E-state index contributed by atoms with van der Waals surface area (Å²) in [7, 11) is -0.467. The Hall–Kier alpha value is -1.11. The molecule has 0 saturated heterocycles. The fourth-order valence-electron chi connectivity index (χ4n) is 1.48. The Kier molecular flexibility index (Phi) is 4.50. The van der Waals surface area contributed by atoms with E-state index in [4.69, 9.17) is 5.73 Å². The maximum Gasteiger partial charge on any atom is 0.303 e. The van der Waals surface area contributed by atoms with Crippen LogP contribution in [-0.2, 0) is 10.2 Å². The summed E-state index contributed by atoms with van der Waals surface area (Å²) in [6.07, 6.45) is 0. The van der Waals surface area contributed by atoms with E-state index >= 15 is 0 Å². The molecule has 0 aliphatic heterocycles. The van der Waals surface area contributed by atoms with E-state index < -0.39 is 10.2 Å². The van der Waals surface area contributed by atoms with Gasteiger partial charge in [0.25, 0.3) is 0 Å². The van der Waals surface area contributed by atoms with Gasteiger partial charge in [-0.1, -0.05) is 12.1 Å². The molecule has 96 valence electrons. The molecule has 0 aliphatic rings. The van der Waals surface area contributed by atoms with E-state index in [1.807, 2.05) is 25.1 Å². The zero-order chi connectivity index (χ0) is 13.1. The van der Waals surface area contributed by atoms with Gasteiger partial charge in [-0.2, -0.15) is 12.7 Å². The van der Waals surface area contributed by atoms with E-state index in [0.717, 1.165) is 5.56 Å². The fraction of sp³-hybridized carbons (Fsp3) is 0.455. The Balaban J connectivity index is 3.19. The Bertz CT molecular complexity index is 471. The Morgan fingerprint density at radius 3 is 2.41 bits per heavy atom. The first-order chi connectivity index (χ1) is 7.89. The molecular formula is C11H19N3O2S. The third-order valence-electron chi connectivity index (χ3n) is 2.36. The van der Waals surface area contributed by atoms with E-state index in [0.29, 0.717) is 5.69 Å². The van der Waals surface area contributed by atoms with Crippen molar-refractivity contribution in [3.05, 3.63) is 29.8 Å². The first-order valence-electron chi connectivity index (χ1n) is 5.36. The molecule has 2 N–H and O–H groups in total. The van der Waals surface area contributed by atoms with Crippen LogP contribution < -0.4 is 10.0 Å². The molecule has 0 bridgehead atoms. The highest BCUT2D eigenvalue weighted by atomic mass is 32.2. The van der Waals surface area contributed by atoms with Crippen molar-refractivity contribution < 1.29 is 8.42 Å². The second-order valence-electron chi connectivity index (χ2n) is 3.99. The topological polar surface area (TPSA) is 66.6 Å². The van der Waals surface area contributed by atoms with Crippen molar-refractivity contribution in [3.63, 3.8) is 0 Å². The van der Waals surface area contributed by atoms with Gasteiger partial charge in [0, 0.05) is 27.2 Å². The zero-order valence-corrected chi connectivity index (χ0v) is 11.2. The summed E-state index contributed by atoms with van der Waals surface area (Å²) < 4.78 is 26.8. The fourth-order valence-corrected chi connectivity index (χ4v) is 2.59. The lowest BCUT2D eigenvalue weighted by molar-refractivity contribution is 0.515. The predicted molar refractivity (Wildman–Crippen MR) is 70.2 cm³/mol. The largest absolute Gasteiger partial charge is 0.329 e. The minimum Gasteiger partial charge on any atom is -0.329 e. The van der Waals surface area contributed by atoms with Gasteiger partial charge < -0.3 is 5.73 Å². The molecule has 17 heavy (non-hydrogen) atoms. The van der Waals surface area contributed by atoms with Crippen LogP contribution in [0.15, 0.2) is 24.3 Å². The summed E-state index contributed by atoms with van der Waals surface area (Å²) in [6, 6.07) is 7.35. The third kappa shape index (κ3) is 3.18. The van der Waals surface area contributed by atoms with Crippen LogP contribution in [0.5, 0.6) is 0 Å². The number of anilines is 1. The van der Waals surface area contributed by atoms with Gasteiger partial charge in [0.15, 0.2) is 0 Å². The van der Waals surface area contributed by atoms with E-state index in [9.17, 15) is 8.42 Å². The van der Waals surface area contributed by atoms with E-state index in [1.165, 1.54) is 22.7 Å². The minimum atomic E-state index is -3.48. The average Bonchev–Trinajstić information content (AvgIpc) is 2.25. The molecule has 0 saturated carbocycles. The van der Waals surface area contributed by atoms with Crippen LogP contribution in [0, 0.1) is 6.92 Å². The lowest BCUT2D eigenvalue weighted by Crippen LogP contribution is -2.42. The lowest BCUT2D eigenvalue weighted by atomic mass is 10.2. The van der Waals surface area contributed by atoms with Crippen molar-refractivity contribution in [2.75, 3.05) is 31.5 Å². The molecule has 0 atom stereocenters. The van der Waals surface area contributed by atoms with Gasteiger partial charge >= 0.3 is 10.2 Å². The highest BCUT2D eigenvalue weighted by Gasteiger charge is 2.24. The van der Waals surface area contributed by atoms with Gasteiger partial charge in [-0.05, 0) is 24.6 Å². The summed E-state index contributed by atoms with van der Waals surface area (Å²) in [5.74, 6) is 0. The van der Waals surface area contributed by atoms with Crippen LogP contribution in [0.3, 0.4) is 0 Å². The number of nitrogens with zero attached hydrogens (tertiary/aromatic N) is 2. The molecule has 0 radical (unpaired) electrons. The predicted octanol–water partition coefficient (Wildman–Crippen LogP) is 0.567. The normalized spacial score (nSPS) is 11.8. The quantitative estimate of drug-likeness (QED) is 0.838. The van der Waals surface area contributed by atoms with Gasteiger partial charge in [0.2, 0.25) is 0 Å². The lowest BCUT2D eigenvalue weighted by Gasteiger charge is -2.27. The molecule has 5 nitrogen and oxygen atoms in total. The van der Waals surface area contributed by atoms with E-state index in [1.54, 1.807) is 6.07 Å². The third-order valence-corrected chi connectivity index (χ3v) is 4.24. The summed E-state index contributed by atoms with van der Waals surface area (Å²) in [5.41, 5.74) is 7.13. The smallest absolute Gasteiger partial charge is 0.303 e. The molecule has 0 unspecified atom stereocenters. The first-order valence-corrected chi connectivity index (χ1v) is 6.76. The van der Waals surface area contributed by atoms with Crippen molar-refractivity contribution in [1.29, 1.82) is 0 Å². The van der Waals surface area contributed by atoms with Crippen molar-refractivity contribution in [2.24, 2.45) is 5.73 Å². The second-order valence-corrected chi connectivity index (χ2v) is 6.06. The van der Waals surface area contributed by atoms with Gasteiger partial charge in [0.1, 0.15) is 0 Å². The Morgan fingerprint density at radius 1 is 1.29 bits per heavy atom. The van der Waals surface area contributed by atoms with Crippen molar-refractivity contribution in [1.82, 2.24) is 4.31 Å². The minimum absolute atomic E-state index is 0.268. The first kappa shape index (κ1) is 14.0. The van der Waals surface area contributed by atoms with Crippen LogP contribution in [0.2, 0.25) is 0 Å². The van der Waals surface area contributed by atoms with E-state index in [2.05, 4.69) is 0 Å². The number of hydrogen-bond acceptors (Lipinski definition) is 3. The van der Waals surface area contributed by atoms with Gasteiger partial charge in [-0.15, -0.1) is 0 Å². The molecular weight excluding hydrogens is 238 g/mol. The number of rotatable bonds is 5. The van der Waals surface area contributed by atoms with Crippen LogP contribution in [-0.4, -0.2) is 39.9 Å². The van der Waals surface area contributed by atoms with Gasteiger partial charge in [0.05, 0.1) is 5.69 Å². The highest BCUT2D eigenvalue weighted by Crippen LogP contribution is 2.19. The number of benzene rings is 1. The number of aryl methyl sites for hydroxylation is 1. The maximum absolute atomic E-state index is 12.1. The van der Waals surface area contributed by atoms with Crippen molar-refractivity contribution >= 4 is 15.9 Å². The maximum atomic E-state index is 12.1. The average molecular weight is 257 g/mol. The van der Waals surface area contributed by atoms with Crippen LogP contribution in [0.4, 0.5) is 5.69 Å².